The number of hydrogen-bond acceptors (Lipinski definition) is 4. The van der Waals surface area contributed by atoms with Crippen LogP contribution in [0, 0.1) is 5.92 Å². The molecule has 2 heterocycles. The molecule has 0 saturated carbocycles. The van der Waals surface area contributed by atoms with Crippen molar-refractivity contribution < 1.29 is 4.74 Å². The third-order valence-corrected chi connectivity index (χ3v) is 4.60. The highest BCUT2D eigenvalue weighted by Crippen LogP contribution is 2.35. The lowest BCUT2D eigenvalue weighted by Crippen LogP contribution is -2.40. The molecular weight excluding hydrogens is 332 g/mol. The van der Waals surface area contributed by atoms with Crippen molar-refractivity contribution >= 4 is 15.9 Å². The Bertz CT molecular complexity index is 628. The van der Waals surface area contributed by atoms with Gasteiger partial charge < -0.3 is 4.74 Å². The lowest BCUT2D eigenvalue weighted by molar-refractivity contribution is 0.180. The number of benzene rings is 1. The monoisotopic (exact) mass is 350 g/mol. The molecule has 6 heteroatoms. The molecule has 2 atom stereocenters. The molecule has 0 spiro atoms. The quantitative estimate of drug-likeness (QED) is 0.656. The molecule has 112 valence electrons. The first kappa shape index (κ1) is 14.6. The molecule has 0 amide bonds. The van der Waals surface area contributed by atoms with Gasteiger partial charge in [0, 0.05) is 12.5 Å². The molecule has 0 aliphatic carbocycles. The van der Waals surface area contributed by atoms with Crippen LogP contribution < -0.4 is 16.0 Å². The number of aromatic nitrogens is 2. The average Bonchev–Trinajstić information content (AvgIpc) is 2.89. The van der Waals surface area contributed by atoms with Gasteiger partial charge in [-0.25, -0.2) is 0 Å². The van der Waals surface area contributed by atoms with Crippen molar-refractivity contribution in [2.24, 2.45) is 11.8 Å². The summed E-state index contributed by atoms with van der Waals surface area (Å²) in [5.74, 6) is 7.09. The van der Waals surface area contributed by atoms with Gasteiger partial charge in [0.05, 0.1) is 29.0 Å². The number of hydrogen-bond donors (Lipinski definition) is 2. The zero-order chi connectivity index (χ0) is 14.8. The molecule has 1 aliphatic rings. The predicted molar refractivity (Wildman–Crippen MR) is 84.8 cm³/mol. The lowest BCUT2D eigenvalue weighted by atomic mass is 9.89. The van der Waals surface area contributed by atoms with Crippen LogP contribution in [0.1, 0.15) is 24.2 Å². The van der Waals surface area contributed by atoms with Gasteiger partial charge in [-0.1, -0.05) is 18.2 Å². The first-order chi connectivity index (χ1) is 10.2. The summed E-state index contributed by atoms with van der Waals surface area (Å²) in [6.07, 6.45) is 2.76. The van der Waals surface area contributed by atoms with E-state index in [4.69, 9.17) is 10.6 Å². The van der Waals surface area contributed by atoms with Gasteiger partial charge >= 0.3 is 0 Å². The van der Waals surface area contributed by atoms with Crippen molar-refractivity contribution in [1.82, 2.24) is 15.2 Å². The van der Waals surface area contributed by atoms with E-state index in [-0.39, 0.29) is 12.0 Å². The molecule has 2 unspecified atom stereocenters. The van der Waals surface area contributed by atoms with E-state index >= 15 is 0 Å². The molecule has 21 heavy (non-hydrogen) atoms. The topological polar surface area (TPSA) is 65.1 Å². The van der Waals surface area contributed by atoms with Crippen LogP contribution in [-0.2, 0) is 13.0 Å². The highest BCUT2D eigenvalue weighted by molar-refractivity contribution is 9.10. The van der Waals surface area contributed by atoms with E-state index in [1.165, 1.54) is 5.56 Å². The standard InChI is InChI=1S/C15H19BrN4O/c1-2-20-15(12(16)8-18-20)14(19-17)11-7-10-5-3-4-6-13(10)21-9-11/h3-6,8,11,14,19H,2,7,9,17H2,1H3. The van der Waals surface area contributed by atoms with Gasteiger partial charge in [-0.3, -0.25) is 16.0 Å². The van der Waals surface area contributed by atoms with E-state index in [0.717, 1.165) is 28.9 Å². The van der Waals surface area contributed by atoms with Crippen LogP contribution >= 0.6 is 15.9 Å². The molecule has 2 aromatic rings. The maximum absolute atomic E-state index is 5.89. The number of rotatable bonds is 4. The summed E-state index contributed by atoms with van der Waals surface area (Å²) in [6.45, 7) is 3.53. The summed E-state index contributed by atoms with van der Waals surface area (Å²) in [5, 5.41) is 4.38. The number of para-hydroxylation sites is 1. The Morgan fingerprint density at radius 1 is 1.52 bits per heavy atom. The maximum atomic E-state index is 5.89. The minimum absolute atomic E-state index is 0.00446. The number of fused-ring (bicyclic) bond motifs is 1. The Labute approximate surface area is 132 Å². The van der Waals surface area contributed by atoms with Crippen molar-refractivity contribution in [2.75, 3.05) is 6.61 Å². The Morgan fingerprint density at radius 2 is 2.33 bits per heavy atom. The van der Waals surface area contributed by atoms with E-state index in [0.29, 0.717) is 6.61 Å². The lowest BCUT2D eigenvalue weighted by Gasteiger charge is -2.31. The zero-order valence-electron chi connectivity index (χ0n) is 11.9. The second-order valence-electron chi connectivity index (χ2n) is 5.22. The van der Waals surface area contributed by atoms with Gasteiger partial charge in [0.15, 0.2) is 0 Å². The van der Waals surface area contributed by atoms with E-state index in [1.807, 2.05) is 29.1 Å². The molecule has 3 rings (SSSR count). The second-order valence-corrected chi connectivity index (χ2v) is 6.08. The molecule has 0 bridgehead atoms. The van der Waals surface area contributed by atoms with Crippen LogP contribution in [0.25, 0.3) is 0 Å². The largest absolute Gasteiger partial charge is 0.493 e. The Hall–Kier alpha value is -1.37. The van der Waals surface area contributed by atoms with Crippen LogP contribution in [0.5, 0.6) is 5.75 Å². The van der Waals surface area contributed by atoms with Crippen molar-refractivity contribution in [2.45, 2.75) is 25.9 Å². The van der Waals surface area contributed by atoms with Crippen molar-refractivity contribution in [3.05, 3.63) is 46.2 Å². The number of hydrazine groups is 1. The number of ether oxygens (including phenoxy) is 1. The molecule has 0 fully saturated rings. The fourth-order valence-corrected chi connectivity index (χ4v) is 3.48. The molecule has 1 aromatic heterocycles. The fraction of sp³-hybridized carbons (Fsp3) is 0.400. The van der Waals surface area contributed by atoms with Gasteiger partial charge in [0.2, 0.25) is 0 Å². The molecule has 5 nitrogen and oxygen atoms in total. The third kappa shape index (κ3) is 2.71. The van der Waals surface area contributed by atoms with Crippen LogP contribution in [-0.4, -0.2) is 16.4 Å². The van der Waals surface area contributed by atoms with Crippen LogP contribution in [0.4, 0.5) is 0 Å². The summed E-state index contributed by atoms with van der Waals surface area (Å²) >= 11 is 3.58. The molecular formula is C15H19BrN4O. The minimum atomic E-state index is -0.00446. The van der Waals surface area contributed by atoms with Gasteiger partial charge in [0.1, 0.15) is 5.75 Å². The molecule has 1 aliphatic heterocycles. The normalized spacial score (nSPS) is 18.9. The van der Waals surface area contributed by atoms with Crippen LogP contribution in [0.2, 0.25) is 0 Å². The summed E-state index contributed by atoms with van der Waals surface area (Å²) in [5.41, 5.74) is 5.26. The predicted octanol–water partition coefficient (Wildman–Crippen LogP) is 2.42. The van der Waals surface area contributed by atoms with Crippen LogP contribution in [0.3, 0.4) is 0 Å². The summed E-state index contributed by atoms with van der Waals surface area (Å²) in [4.78, 5) is 0. The number of nitrogens with zero attached hydrogens (tertiary/aromatic N) is 2. The van der Waals surface area contributed by atoms with Crippen LogP contribution in [0.15, 0.2) is 34.9 Å². The third-order valence-electron chi connectivity index (χ3n) is 3.99. The summed E-state index contributed by atoms with van der Waals surface area (Å²) < 4.78 is 8.84. The van der Waals surface area contributed by atoms with E-state index in [1.54, 1.807) is 0 Å². The molecule has 1 aromatic carbocycles. The number of nitrogens with one attached hydrogen (secondary N) is 1. The van der Waals surface area contributed by atoms with Gasteiger partial charge in [-0.15, -0.1) is 0 Å². The van der Waals surface area contributed by atoms with Gasteiger partial charge in [0.25, 0.3) is 0 Å². The SMILES string of the molecule is CCn1ncc(Br)c1C(NN)C1COc2ccccc2C1. The van der Waals surface area contributed by atoms with E-state index < -0.39 is 0 Å². The van der Waals surface area contributed by atoms with Crippen molar-refractivity contribution in [3.63, 3.8) is 0 Å². The number of nitrogens with two attached hydrogens (primary N) is 1. The average molecular weight is 351 g/mol. The van der Waals surface area contributed by atoms with Crippen molar-refractivity contribution in [1.29, 1.82) is 0 Å². The van der Waals surface area contributed by atoms with E-state index in [9.17, 15) is 0 Å². The summed E-state index contributed by atoms with van der Waals surface area (Å²) in [7, 11) is 0. The fourth-order valence-electron chi connectivity index (χ4n) is 2.94. The smallest absolute Gasteiger partial charge is 0.122 e. The van der Waals surface area contributed by atoms with Crippen molar-refractivity contribution in [3.8, 4) is 5.75 Å². The van der Waals surface area contributed by atoms with E-state index in [2.05, 4.69) is 39.4 Å². The maximum Gasteiger partial charge on any atom is 0.122 e. The summed E-state index contributed by atoms with van der Waals surface area (Å²) in [6, 6.07) is 8.17. The number of aryl methyl sites for hydroxylation is 1. The number of halogens is 1. The van der Waals surface area contributed by atoms with Gasteiger partial charge in [-0.05, 0) is 40.9 Å². The molecule has 0 saturated heterocycles. The highest BCUT2D eigenvalue weighted by Gasteiger charge is 2.31. The molecule has 3 N–H and O–H groups in total. The highest BCUT2D eigenvalue weighted by atomic mass is 79.9. The first-order valence-electron chi connectivity index (χ1n) is 7.12. The Balaban J connectivity index is 1.90. The second kappa shape index (κ2) is 6.17. The molecule has 0 radical (unpaired) electrons. The first-order valence-corrected chi connectivity index (χ1v) is 7.92. The Kier molecular flexibility index (Phi) is 4.28. The Morgan fingerprint density at radius 3 is 3.10 bits per heavy atom. The van der Waals surface area contributed by atoms with Gasteiger partial charge in [-0.2, -0.15) is 5.10 Å². The zero-order valence-corrected chi connectivity index (χ0v) is 13.5. The minimum Gasteiger partial charge on any atom is -0.493 e.